The molecule has 2 aromatic rings. The molecule has 1 amide bonds. The molecule has 6 nitrogen and oxygen atoms in total. The largest absolute Gasteiger partial charge is 0.481 e. The molecule has 0 saturated heterocycles. The number of nitrogens with zero attached hydrogens (tertiary/aromatic N) is 1. The van der Waals surface area contributed by atoms with E-state index in [0.29, 0.717) is 23.6 Å². The van der Waals surface area contributed by atoms with Gasteiger partial charge in [-0.1, -0.05) is 18.2 Å². The Morgan fingerprint density at radius 1 is 1.13 bits per heavy atom. The zero-order valence-electron chi connectivity index (χ0n) is 12.9. The number of benzene rings is 1. The Kier molecular flexibility index (Phi) is 5.33. The van der Waals surface area contributed by atoms with E-state index in [1.807, 2.05) is 6.07 Å². The third-order valence-corrected chi connectivity index (χ3v) is 3.96. The van der Waals surface area contributed by atoms with E-state index in [1.54, 1.807) is 36.5 Å². The van der Waals surface area contributed by atoms with Crippen molar-refractivity contribution in [2.45, 2.75) is 12.3 Å². The molecule has 0 fully saturated rings. The number of hydrogen-bond donors (Lipinski definition) is 1. The van der Waals surface area contributed by atoms with Crippen LogP contribution in [0.5, 0.6) is 5.88 Å². The van der Waals surface area contributed by atoms with Crippen molar-refractivity contribution in [3.63, 3.8) is 0 Å². The van der Waals surface area contributed by atoms with Gasteiger partial charge in [-0.15, -0.1) is 0 Å². The van der Waals surface area contributed by atoms with E-state index in [2.05, 4.69) is 10.3 Å². The Morgan fingerprint density at radius 2 is 1.78 bits per heavy atom. The van der Waals surface area contributed by atoms with Gasteiger partial charge in [-0.2, -0.15) is 0 Å². The molecule has 0 aliphatic rings. The van der Waals surface area contributed by atoms with Gasteiger partial charge in [-0.05, 0) is 23.3 Å². The van der Waals surface area contributed by atoms with Gasteiger partial charge in [0.15, 0.2) is 9.84 Å². The predicted molar refractivity (Wildman–Crippen MR) is 86.9 cm³/mol. The van der Waals surface area contributed by atoms with E-state index < -0.39 is 9.84 Å². The SMILES string of the molecule is COc1ccc(CNC(=O)c2ccc(CS(C)(=O)=O)cc2)cn1. The monoisotopic (exact) mass is 334 g/mol. The summed E-state index contributed by atoms with van der Waals surface area (Å²) in [5.74, 6) is 0.250. The van der Waals surface area contributed by atoms with Crippen LogP contribution in [0.4, 0.5) is 0 Å². The lowest BCUT2D eigenvalue weighted by Gasteiger charge is -2.07. The van der Waals surface area contributed by atoms with Crippen LogP contribution in [-0.2, 0) is 22.1 Å². The highest BCUT2D eigenvalue weighted by Crippen LogP contribution is 2.09. The summed E-state index contributed by atoms with van der Waals surface area (Å²) in [6.45, 7) is 0.348. The highest BCUT2D eigenvalue weighted by atomic mass is 32.2. The summed E-state index contributed by atoms with van der Waals surface area (Å²) in [6.07, 6.45) is 2.81. The van der Waals surface area contributed by atoms with Crippen LogP contribution < -0.4 is 10.1 Å². The minimum atomic E-state index is -3.08. The molecule has 0 aliphatic carbocycles. The standard InChI is InChI=1S/C16H18N2O4S/c1-22-15-8-5-13(9-17-15)10-18-16(19)14-6-3-12(4-7-14)11-23(2,20)21/h3-9H,10-11H2,1-2H3,(H,18,19). The number of ether oxygens (including phenoxy) is 1. The van der Waals surface area contributed by atoms with Crippen molar-refractivity contribution in [2.24, 2.45) is 0 Å². The van der Waals surface area contributed by atoms with Gasteiger partial charge < -0.3 is 10.1 Å². The molecule has 7 heteroatoms. The fraction of sp³-hybridized carbons (Fsp3) is 0.250. The van der Waals surface area contributed by atoms with E-state index in [0.717, 1.165) is 5.56 Å². The Morgan fingerprint density at radius 3 is 2.30 bits per heavy atom. The van der Waals surface area contributed by atoms with E-state index in [9.17, 15) is 13.2 Å². The lowest BCUT2D eigenvalue weighted by molar-refractivity contribution is 0.0951. The quantitative estimate of drug-likeness (QED) is 0.866. The predicted octanol–water partition coefficient (Wildman–Crippen LogP) is 1.56. The molecule has 122 valence electrons. The Labute approximate surface area is 135 Å². The number of methoxy groups -OCH3 is 1. The average molecular weight is 334 g/mol. The number of pyridine rings is 1. The van der Waals surface area contributed by atoms with Gasteiger partial charge in [-0.3, -0.25) is 4.79 Å². The molecule has 0 aliphatic heterocycles. The summed E-state index contributed by atoms with van der Waals surface area (Å²) in [5.41, 5.74) is 1.99. The van der Waals surface area contributed by atoms with Crippen LogP contribution in [0, 0.1) is 0 Å². The molecule has 0 saturated carbocycles. The summed E-state index contributed by atoms with van der Waals surface area (Å²) in [7, 11) is -1.54. The van der Waals surface area contributed by atoms with Crippen LogP contribution in [0.15, 0.2) is 42.6 Å². The molecule has 0 atom stereocenters. The minimum Gasteiger partial charge on any atom is -0.481 e. The van der Waals surface area contributed by atoms with Crippen molar-refractivity contribution in [1.29, 1.82) is 0 Å². The fourth-order valence-corrected chi connectivity index (χ4v) is 2.77. The molecule has 0 spiro atoms. The van der Waals surface area contributed by atoms with Crippen molar-refractivity contribution >= 4 is 15.7 Å². The van der Waals surface area contributed by atoms with Crippen LogP contribution >= 0.6 is 0 Å². The van der Waals surface area contributed by atoms with Crippen molar-refractivity contribution in [3.8, 4) is 5.88 Å². The second-order valence-electron chi connectivity index (χ2n) is 5.16. The molecule has 0 radical (unpaired) electrons. The number of nitrogens with one attached hydrogen (secondary N) is 1. The molecule has 0 unspecified atom stereocenters. The first-order chi connectivity index (χ1) is 10.9. The Hall–Kier alpha value is -2.41. The number of aromatic nitrogens is 1. The summed E-state index contributed by atoms with van der Waals surface area (Å²) in [4.78, 5) is 16.1. The van der Waals surface area contributed by atoms with Gasteiger partial charge in [0, 0.05) is 30.6 Å². The van der Waals surface area contributed by atoms with Crippen molar-refractivity contribution in [3.05, 3.63) is 59.3 Å². The van der Waals surface area contributed by atoms with Crippen LogP contribution in [-0.4, -0.2) is 32.7 Å². The fourth-order valence-electron chi connectivity index (χ4n) is 1.98. The highest BCUT2D eigenvalue weighted by molar-refractivity contribution is 7.89. The number of rotatable bonds is 6. The molecule has 1 aromatic heterocycles. The highest BCUT2D eigenvalue weighted by Gasteiger charge is 2.08. The second kappa shape index (κ2) is 7.23. The first-order valence-corrected chi connectivity index (χ1v) is 8.97. The van der Waals surface area contributed by atoms with Gasteiger partial charge >= 0.3 is 0 Å². The topological polar surface area (TPSA) is 85.4 Å². The van der Waals surface area contributed by atoms with Crippen LogP contribution in [0.25, 0.3) is 0 Å². The maximum absolute atomic E-state index is 12.1. The maximum atomic E-state index is 12.1. The van der Waals surface area contributed by atoms with Gasteiger partial charge in [0.1, 0.15) is 0 Å². The molecule has 0 bridgehead atoms. The zero-order valence-corrected chi connectivity index (χ0v) is 13.8. The van der Waals surface area contributed by atoms with Crippen molar-refractivity contribution in [2.75, 3.05) is 13.4 Å². The maximum Gasteiger partial charge on any atom is 0.251 e. The van der Waals surface area contributed by atoms with E-state index >= 15 is 0 Å². The number of carbonyl (C=O) groups is 1. The number of carbonyl (C=O) groups excluding carboxylic acids is 1. The smallest absolute Gasteiger partial charge is 0.251 e. The molecule has 1 heterocycles. The summed E-state index contributed by atoms with van der Waals surface area (Å²) < 4.78 is 27.4. The number of sulfone groups is 1. The van der Waals surface area contributed by atoms with E-state index in [-0.39, 0.29) is 11.7 Å². The lowest BCUT2D eigenvalue weighted by Crippen LogP contribution is -2.22. The van der Waals surface area contributed by atoms with Gasteiger partial charge in [0.25, 0.3) is 5.91 Å². The Bertz CT molecular complexity index is 769. The third-order valence-electron chi connectivity index (χ3n) is 3.10. The van der Waals surface area contributed by atoms with Crippen LogP contribution in [0.2, 0.25) is 0 Å². The molecule has 23 heavy (non-hydrogen) atoms. The first kappa shape index (κ1) is 17.0. The molecule has 1 N–H and O–H groups in total. The Balaban J connectivity index is 1.94. The second-order valence-corrected chi connectivity index (χ2v) is 7.30. The van der Waals surface area contributed by atoms with Crippen LogP contribution in [0.3, 0.4) is 0 Å². The molecule has 1 aromatic carbocycles. The van der Waals surface area contributed by atoms with Gasteiger partial charge in [0.2, 0.25) is 5.88 Å². The molecular formula is C16H18N2O4S. The number of hydrogen-bond acceptors (Lipinski definition) is 5. The minimum absolute atomic E-state index is 0.0353. The third kappa shape index (κ3) is 5.37. The van der Waals surface area contributed by atoms with Crippen LogP contribution in [0.1, 0.15) is 21.5 Å². The lowest BCUT2D eigenvalue weighted by atomic mass is 10.1. The summed E-state index contributed by atoms with van der Waals surface area (Å²) in [5, 5.41) is 2.78. The van der Waals surface area contributed by atoms with Gasteiger partial charge in [0.05, 0.1) is 12.9 Å². The molecule has 2 rings (SSSR count). The molecular weight excluding hydrogens is 316 g/mol. The number of amides is 1. The van der Waals surface area contributed by atoms with Gasteiger partial charge in [-0.25, -0.2) is 13.4 Å². The van der Waals surface area contributed by atoms with Crippen molar-refractivity contribution in [1.82, 2.24) is 10.3 Å². The van der Waals surface area contributed by atoms with Crippen molar-refractivity contribution < 1.29 is 17.9 Å². The summed E-state index contributed by atoms with van der Waals surface area (Å²) in [6, 6.07) is 10.1. The zero-order chi connectivity index (χ0) is 16.9. The first-order valence-electron chi connectivity index (χ1n) is 6.91. The van der Waals surface area contributed by atoms with E-state index in [1.165, 1.54) is 13.4 Å². The summed E-state index contributed by atoms with van der Waals surface area (Å²) >= 11 is 0. The van der Waals surface area contributed by atoms with E-state index in [4.69, 9.17) is 4.74 Å². The average Bonchev–Trinajstić information content (AvgIpc) is 2.52. The normalized spacial score (nSPS) is 11.0.